The quantitative estimate of drug-likeness (QED) is 0.689. The molecule has 0 heterocycles. The van der Waals surface area contributed by atoms with Crippen LogP contribution in [0, 0.1) is 5.41 Å². The maximum atomic E-state index is 11.3. The highest BCUT2D eigenvalue weighted by Crippen LogP contribution is 2.18. The smallest absolute Gasteiger partial charge is 0.167 e. The summed E-state index contributed by atoms with van der Waals surface area (Å²) in [7, 11) is 0. The number of Topliss-reactive ketones (excluding diaryl/α,β-unsaturated/α-hetero) is 2. The van der Waals surface area contributed by atoms with Gasteiger partial charge in [-0.05, 0) is 6.92 Å². The minimum atomic E-state index is -1.14. The minimum absolute atomic E-state index is 0.0733. The lowest BCUT2D eigenvalue weighted by Crippen LogP contribution is -2.33. The highest BCUT2D eigenvalue weighted by atomic mass is 16.3. The van der Waals surface area contributed by atoms with E-state index in [1.165, 1.54) is 6.92 Å². The van der Waals surface area contributed by atoms with Crippen molar-refractivity contribution in [1.29, 1.82) is 0 Å². The number of hydrogen-bond acceptors (Lipinski definition) is 3. The second-order valence-corrected chi connectivity index (χ2v) is 4.04. The lowest BCUT2D eigenvalue weighted by atomic mass is 9.86. The zero-order chi connectivity index (χ0) is 9.94. The van der Waals surface area contributed by atoms with Gasteiger partial charge in [-0.25, -0.2) is 0 Å². The molecule has 0 radical (unpaired) electrons. The molecule has 3 heteroatoms. The van der Waals surface area contributed by atoms with Crippen LogP contribution in [0.15, 0.2) is 0 Å². The maximum Gasteiger partial charge on any atom is 0.167 e. The fourth-order valence-corrected chi connectivity index (χ4v) is 0.865. The number of carbonyl (C=O) groups is 2. The molecule has 0 amide bonds. The van der Waals surface area contributed by atoms with Crippen molar-refractivity contribution >= 4 is 11.6 Å². The van der Waals surface area contributed by atoms with Crippen molar-refractivity contribution in [3.05, 3.63) is 0 Å². The van der Waals surface area contributed by atoms with Gasteiger partial charge in [0.1, 0.15) is 11.9 Å². The van der Waals surface area contributed by atoms with Crippen molar-refractivity contribution in [2.45, 2.75) is 40.2 Å². The molecule has 1 N–H and O–H groups in total. The molecule has 0 fully saturated rings. The summed E-state index contributed by atoms with van der Waals surface area (Å²) in [5.41, 5.74) is -0.575. The molecule has 0 aliphatic rings. The van der Waals surface area contributed by atoms with Crippen molar-refractivity contribution in [3.8, 4) is 0 Å². The first kappa shape index (κ1) is 11.3. The highest BCUT2D eigenvalue weighted by Gasteiger charge is 2.28. The third kappa shape index (κ3) is 3.62. The zero-order valence-electron chi connectivity index (χ0n) is 8.05. The number of hydrogen-bond donors (Lipinski definition) is 1. The monoisotopic (exact) mass is 172 g/mol. The average Bonchev–Trinajstić information content (AvgIpc) is 1.82. The lowest BCUT2D eigenvalue weighted by Gasteiger charge is -2.19. The van der Waals surface area contributed by atoms with Gasteiger partial charge in [-0.3, -0.25) is 9.59 Å². The molecule has 70 valence electrons. The average molecular weight is 172 g/mol. The Morgan fingerprint density at radius 2 is 1.75 bits per heavy atom. The van der Waals surface area contributed by atoms with Crippen molar-refractivity contribution in [1.82, 2.24) is 0 Å². The van der Waals surface area contributed by atoms with Crippen LogP contribution in [0.1, 0.15) is 34.1 Å². The van der Waals surface area contributed by atoms with E-state index in [1.54, 1.807) is 20.8 Å². The summed E-state index contributed by atoms with van der Waals surface area (Å²) in [5.74, 6) is -0.446. The van der Waals surface area contributed by atoms with Gasteiger partial charge in [0.05, 0.1) is 0 Å². The van der Waals surface area contributed by atoms with E-state index in [-0.39, 0.29) is 18.0 Å². The van der Waals surface area contributed by atoms with Gasteiger partial charge >= 0.3 is 0 Å². The third-order valence-corrected chi connectivity index (χ3v) is 1.52. The summed E-state index contributed by atoms with van der Waals surface area (Å²) >= 11 is 0. The van der Waals surface area contributed by atoms with E-state index in [1.807, 2.05) is 0 Å². The third-order valence-electron chi connectivity index (χ3n) is 1.52. The van der Waals surface area contributed by atoms with E-state index in [4.69, 9.17) is 0 Å². The predicted octanol–water partition coefficient (Wildman–Crippen LogP) is 0.942. The summed E-state index contributed by atoms with van der Waals surface area (Å²) in [5, 5.41) is 9.25. The Hall–Kier alpha value is -0.700. The van der Waals surface area contributed by atoms with Crippen LogP contribution in [0.3, 0.4) is 0 Å². The molecule has 0 aromatic heterocycles. The zero-order valence-corrected chi connectivity index (χ0v) is 8.05. The Kier molecular flexibility index (Phi) is 3.58. The summed E-state index contributed by atoms with van der Waals surface area (Å²) in [6.45, 7) is 6.52. The van der Waals surface area contributed by atoms with Crippen molar-refractivity contribution in [2.75, 3.05) is 0 Å². The van der Waals surface area contributed by atoms with Gasteiger partial charge in [-0.2, -0.15) is 0 Å². The maximum absolute atomic E-state index is 11.3. The van der Waals surface area contributed by atoms with Crippen molar-refractivity contribution < 1.29 is 14.7 Å². The molecule has 1 atom stereocenters. The molecule has 0 unspecified atom stereocenters. The summed E-state index contributed by atoms with van der Waals surface area (Å²) < 4.78 is 0. The number of aliphatic hydroxyl groups is 1. The van der Waals surface area contributed by atoms with Crippen LogP contribution in [0.4, 0.5) is 0 Å². The van der Waals surface area contributed by atoms with Gasteiger partial charge in [0.25, 0.3) is 0 Å². The number of rotatable bonds is 3. The molecule has 0 spiro atoms. The van der Waals surface area contributed by atoms with Gasteiger partial charge in [0.15, 0.2) is 5.78 Å². The van der Waals surface area contributed by atoms with E-state index in [0.717, 1.165) is 0 Å². The highest BCUT2D eigenvalue weighted by molar-refractivity contribution is 5.91. The van der Waals surface area contributed by atoms with Crippen LogP contribution in [0.5, 0.6) is 0 Å². The van der Waals surface area contributed by atoms with Crippen LogP contribution < -0.4 is 0 Å². The van der Waals surface area contributed by atoms with Gasteiger partial charge < -0.3 is 5.11 Å². The molecule has 0 aliphatic carbocycles. The molecule has 0 aromatic rings. The van der Waals surface area contributed by atoms with Crippen LogP contribution in [-0.2, 0) is 9.59 Å². The summed E-state index contributed by atoms with van der Waals surface area (Å²) in [6.07, 6.45) is -1.21. The first-order valence-electron chi connectivity index (χ1n) is 3.97. The molecular formula is C9H16O3. The van der Waals surface area contributed by atoms with Crippen LogP contribution in [0.25, 0.3) is 0 Å². The van der Waals surface area contributed by atoms with E-state index in [9.17, 15) is 14.7 Å². The fraction of sp³-hybridized carbons (Fsp3) is 0.778. The van der Waals surface area contributed by atoms with Gasteiger partial charge in [-0.15, -0.1) is 0 Å². The SMILES string of the molecule is CC(=O)C[C@H](O)C(=O)C(C)(C)C. The minimum Gasteiger partial charge on any atom is -0.385 e. The number of aliphatic hydroxyl groups excluding tert-OH is 1. The molecule has 0 aliphatic heterocycles. The largest absolute Gasteiger partial charge is 0.385 e. The number of carbonyl (C=O) groups excluding carboxylic acids is 2. The van der Waals surface area contributed by atoms with Crippen LogP contribution >= 0.6 is 0 Å². The molecule has 12 heavy (non-hydrogen) atoms. The Balaban J connectivity index is 4.21. The molecule has 0 rings (SSSR count). The molecule has 0 saturated carbocycles. The Morgan fingerprint density at radius 1 is 1.33 bits per heavy atom. The van der Waals surface area contributed by atoms with E-state index in [2.05, 4.69) is 0 Å². The Bertz CT molecular complexity index is 188. The second kappa shape index (κ2) is 3.81. The van der Waals surface area contributed by atoms with Crippen molar-refractivity contribution in [2.24, 2.45) is 5.41 Å². The molecule has 0 saturated heterocycles. The Labute approximate surface area is 72.8 Å². The first-order chi connectivity index (χ1) is 5.25. The van der Waals surface area contributed by atoms with E-state index in [0.29, 0.717) is 0 Å². The predicted molar refractivity (Wildman–Crippen MR) is 45.8 cm³/mol. The van der Waals surface area contributed by atoms with E-state index < -0.39 is 11.5 Å². The van der Waals surface area contributed by atoms with Gasteiger partial charge in [0.2, 0.25) is 0 Å². The van der Waals surface area contributed by atoms with E-state index >= 15 is 0 Å². The van der Waals surface area contributed by atoms with Crippen LogP contribution in [-0.4, -0.2) is 22.8 Å². The van der Waals surface area contributed by atoms with Crippen molar-refractivity contribution in [3.63, 3.8) is 0 Å². The summed E-state index contributed by atoms with van der Waals surface area (Å²) in [6, 6.07) is 0. The summed E-state index contributed by atoms with van der Waals surface area (Å²) in [4.78, 5) is 21.9. The normalized spacial score (nSPS) is 14.1. The first-order valence-corrected chi connectivity index (χ1v) is 3.97. The topological polar surface area (TPSA) is 54.4 Å². The Morgan fingerprint density at radius 3 is 2.00 bits per heavy atom. The molecule has 3 nitrogen and oxygen atoms in total. The van der Waals surface area contributed by atoms with Crippen LogP contribution in [0.2, 0.25) is 0 Å². The second-order valence-electron chi connectivity index (χ2n) is 4.04. The fourth-order valence-electron chi connectivity index (χ4n) is 0.865. The molecular weight excluding hydrogens is 156 g/mol. The standard InChI is InChI=1S/C9H16O3/c1-6(10)5-7(11)8(12)9(2,3)4/h7,11H,5H2,1-4H3/t7-/m0/s1. The lowest BCUT2D eigenvalue weighted by molar-refractivity contribution is -0.137. The molecule has 0 bridgehead atoms. The van der Waals surface area contributed by atoms with Gasteiger partial charge in [-0.1, -0.05) is 20.8 Å². The van der Waals surface area contributed by atoms with Gasteiger partial charge in [0, 0.05) is 11.8 Å². The molecule has 0 aromatic carbocycles. The number of ketones is 2.